The molecule has 2 aliphatic heterocycles. The van der Waals surface area contributed by atoms with Crippen molar-refractivity contribution in [3.05, 3.63) is 59.7 Å². The van der Waals surface area contributed by atoms with Crippen LogP contribution in [-0.4, -0.2) is 35.2 Å². The number of nitrogens with zero attached hydrogens (tertiary/aromatic N) is 2. The van der Waals surface area contributed by atoms with Crippen molar-refractivity contribution in [1.82, 2.24) is 0 Å². The number of benzene rings is 2. The monoisotopic (exact) mass is 378 g/mol. The maximum absolute atomic E-state index is 11.4. The zero-order chi connectivity index (χ0) is 20.6. The van der Waals surface area contributed by atoms with Crippen LogP contribution in [0.2, 0.25) is 0 Å². The van der Waals surface area contributed by atoms with Gasteiger partial charge in [-0.1, -0.05) is 24.3 Å². The lowest BCUT2D eigenvalue weighted by Crippen LogP contribution is -2.33. The molecule has 2 heterocycles. The van der Waals surface area contributed by atoms with Crippen molar-refractivity contribution >= 4 is 46.6 Å². The Morgan fingerprint density at radius 3 is 1.25 bits per heavy atom. The third kappa shape index (κ3) is 2.90. The lowest BCUT2D eigenvalue weighted by atomic mass is 10.1. The highest BCUT2D eigenvalue weighted by atomic mass is 16.2. The molecule has 8 nitrogen and oxygen atoms in total. The van der Waals surface area contributed by atoms with E-state index in [9.17, 15) is 28.8 Å². The molecule has 0 N–H and O–H groups in total. The number of imide groups is 2. The minimum atomic E-state index is -0.765. The predicted molar refractivity (Wildman–Crippen MR) is 97.9 cm³/mol. The number of hydrogen-bond donors (Lipinski definition) is 0. The second kappa shape index (κ2) is 6.99. The highest BCUT2D eigenvalue weighted by Crippen LogP contribution is 2.29. The van der Waals surface area contributed by atoms with E-state index in [1.807, 2.05) is 0 Å². The SMILES string of the molecule is CC(=O)N1C(=O)C(=O)c2ccccc21.CC(=O)N1C(=O)C(=O)c2ccccc21. The standard InChI is InChI=1S/2C10H7NO3/c2*1-6(12)11-8-5-3-2-4-7(8)9(13)10(11)14/h2*2-5H,1H3. The zero-order valence-electron chi connectivity index (χ0n) is 15.0. The Morgan fingerprint density at radius 1 is 0.607 bits per heavy atom. The first-order valence-electron chi connectivity index (χ1n) is 8.22. The summed E-state index contributed by atoms with van der Waals surface area (Å²) in [6.45, 7) is 2.51. The lowest BCUT2D eigenvalue weighted by molar-refractivity contribution is -0.124. The largest absolute Gasteiger partial charge is 0.306 e. The molecule has 4 rings (SSSR count). The van der Waals surface area contributed by atoms with Crippen LogP contribution < -0.4 is 9.80 Å². The summed E-state index contributed by atoms with van der Waals surface area (Å²) in [5.41, 5.74) is 1.37. The Morgan fingerprint density at radius 2 is 0.929 bits per heavy atom. The molecule has 4 amide bonds. The summed E-state index contributed by atoms with van der Waals surface area (Å²) in [7, 11) is 0. The Balaban J connectivity index is 0.000000161. The van der Waals surface area contributed by atoms with Gasteiger partial charge in [-0.2, -0.15) is 0 Å². The molecule has 0 unspecified atom stereocenters. The van der Waals surface area contributed by atoms with Crippen LogP contribution in [0.3, 0.4) is 0 Å². The number of Topliss-reactive ketones (excluding diaryl/α,β-unsaturated/α-hetero) is 2. The van der Waals surface area contributed by atoms with E-state index >= 15 is 0 Å². The molecular weight excluding hydrogens is 364 g/mol. The zero-order valence-corrected chi connectivity index (χ0v) is 15.0. The quantitative estimate of drug-likeness (QED) is 0.643. The number of amides is 4. The fraction of sp³-hybridized carbons (Fsp3) is 0.100. The molecule has 2 aromatic rings. The molecule has 28 heavy (non-hydrogen) atoms. The summed E-state index contributed by atoms with van der Waals surface area (Å²) >= 11 is 0. The average Bonchev–Trinajstić information content (AvgIpc) is 3.07. The van der Waals surface area contributed by atoms with Gasteiger partial charge in [0.15, 0.2) is 0 Å². The number of fused-ring (bicyclic) bond motifs is 2. The highest BCUT2D eigenvalue weighted by molar-refractivity contribution is 6.56. The second-order valence-electron chi connectivity index (χ2n) is 6.01. The molecule has 0 fully saturated rings. The van der Waals surface area contributed by atoms with E-state index < -0.39 is 35.2 Å². The van der Waals surface area contributed by atoms with E-state index in [1.165, 1.54) is 13.8 Å². The molecular formula is C20H14N2O6. The third-order valence-corrected chi connectivity index (χ3v) is 4.20. The first kappa shape index (κ1) is 18.8. The van der Waals surface area contributed by atoms with Gasteiger partial charge in [-0.3, -0.25) is 28.8 Å². The number of hydrogen-bond acceptors (Lipinski definition) is 6. The van der Waals surface area contributed by atoms with E-state index in [0.29, 0.717) is 22.5 Å². The van der Waals surface area contributed by atoms with Gasteiger partial charge in [0.05, 0.1) is 22.5 Å². The van der Waals surface area contributed by atoms with Crippen LogP contribution in [0.25, 0.3) is 0 Å². The number of carbonyl (C=O) groups excluding carboxylic acids is 6. The number of para-hydroxylation sites is 2. The van der Waals surface area contributed by atoms with E-state index in [0.717, 1.165) is 9.80 Å². The normalized spacial score (nSPS) is 14.5. The Labute approximate surface area is 159 Å². The fourth-order valence-corrected chi connectivity index (χ4v) is 3.00. The van der Waals surface area contributed by atoms with Gasteiger partial charge in [0, 0.05) is 13.8 Å². The van der Waals surface area contributed by atoms with Crippen molar-refractivity contribution < 1.29 is 28.8 Å². The average molecular weight is 378 g/mol. The Bertz CT molecular complexity index is 986. The van der Waals surface area contributed by atoms with Gasteiger partial charge < -0.3 is 0 Å². The van der Waals surface area contributed by atoms with Crippen molar-refractivity contribution in [2.24, 2.45) is 0 Å². The van der Waals surface area contributed by atoms with Crippen molar-refractivity contribution in [3.63, 3.8) is 0 Å². The van der Waals surface area contributed by atoms with Crippen LogP contribution >= 0.6 is 0 Å². The van der Waals surface area contributed by atoms with Crippen LogP contribution in [-0.2, 0) is 19.2 Å². The summed E-state index contributed by atoms with van der Waals surface area (Å²) in [6, 6.07) is 12.9. The fourth-order valence-electron chi connectivity index (χ4n) is 3.00. The summed E-state index contributed by atoms with van der Waals surface area (Å²) in [5, 5.41) is 0. The molecule has 2 aliphatic rings. The second-order valence-corrected chi connectivity index (χ2v) is 6.01. The molecule has 0 bridgehead atoms. The lowest BCUT2D eigenvalue weighted by Gasteiger charge is -2.10. The smallest absolute Gasteiger partial charge is 0.283 e. The van der Waals surface area contributed by atoms with Gasteiger partial charge in [0.2, 0.25) is 11.8 Å². The van der Waals surface area contributed by atoms with Crippen LogP contribution in [0.5, 0.6) is 0 Å². The number of rotatable bonds is 0. The molecule has 0 aliphatic carbocycles. The summed E-state index contributed by atoms with van der Waals surface area (Å²) in [5.74, 6) is -3.63. The Kier molecular flexibility index (Phi) is 4.70. The van der Waals surface area contributed by atoms with E-state index in [2.05, 4.69) is 0 Å². The first-order valence-corrected chi connectivity index (χ1v) is 8.22. The molecule has 0 radical (unpaired) electrons. The maximum Gasteiger partial charge on any atom is 0.306 e. The van der Waals surface area contributed by atoms with Gasteiger partial charge in [0.1, 0.15) is 0 Å². The van der Waals surface area contributed by atoms with Crippen LogP contribution in [0.1, 0.15) is 34.6 Å². The minimum Gasteiger partial charge on any atom is -0.283 e. The van der Waals surface area contributed by atoms with Crippen LogP contribution in [0.4, 0.5) is 11.4 Å². The van der Waals surface area contributed by atoms with Gasteiger partial charge >= 0.3 is 11.8 Å². The van der Waals surface area contributed by atoms with Crippen molar-refractivity contribution in [2.75, 3.05) is 9.80 Å². The van der Waals surface area contributed by atoms with E-state index in [4.69, 9.17) is 0 Å². The molecule has 0 saturated heterocycles. The topological polar surface area (TPSA) is 109 Å². The third-order valence-electron chi connectivity index (χ3n) is 4.20. The molecule has 2 aromatic carbocycles. The maximum atomic E-state index is 11.4. The van der Waals surface area contributed by atoms with E-state index in [1.54, 1.807) is 48.5 Å². The molecule has 0 atom stereocenters. The van der Waals surface area contributed by atoms with Crippen molar-refractivity contribution in [1.29, 1.82) is 0 Å². The van der Waals surface area contributed by atoms with Crippen molar-refractivity contribution in [2.45, 2.75) is 13.8 Å². The molecule has 0 aromatic heterocycles. The predicted octanol–water partition coefficient (Wildman–Crippen LogP) is 1.52. The molecule has 8 heteroatoms. The minimum absolute atomic E-state index is 0.299. The number of anilines is 2. The molecule has 140 valence electrons. The van der Waals surface area contributed by atoms with Crippen molar-refractivity contribution in [3.8, 4) is 0 Å². The van der Waals surface area contributed by atoms with Gasteiger partial charge in [0.25, 0.3) is 11.6 Å². The van der Waals surface area contributed by atoms with Crippen LogP contribution in [0.15, 0.2) is 48.5 Å². The summed E-state index contributed by atoms with van der Waals surface area (Å²) in [4.78, 5) is 69.5. The summed E-state index contributed by atoms with van der Waals surface area (Å²) < 4.78 is 0. The molecule has 0 saturated carbocycles. The summed E-state index contributed by atoms with van der Waals surface area (Å²) in [6.07, 6.45) is 0. The van der Waals surface area contributed by atoms with Crippen LogP contribution in [0, 0.1) is 0 Å². The molecule has 0 spiro atoms. The Hall–Kier alpha value is -3.94. The first-order chi connectivity index (χ1) is 13.3. The number of carbonyl (C=O) groups is 6. The van der Waals surface area contributed by atoms with Gasteiger partial charge in [-0.15, -0.1) is 0 Å². The highest BCUT2D eigenvalue weighted by Gasteiger charge is 2.38. The van der Waals surface area contributed by atoms with Gasteiger partial charge in [-0.05, 0) is 24.3 Å². The van der Waals surface area contributed by atoms with Gasteiger partial charge in [-0.25, -0.2) is 9.80 Å². The van der Waals surface area contributed by atoms with E-state index in [-0.39, 0.29) is 0 Å². The number of ketones is 2.